The third-order valence-corrected chi connectivity index (χ3v) is 8.75. The fourth-order valence-corrected chi connectivity index (χ4v) is 7.55. The minimum atomic E-state index is -0.160. The molecule has 0 amide bonds. The van der Waals surface area contributed by atoms with Gasteiger partial charge in [-0.25, -0.2) is 0 Å². The molecule has 25 heavy (non-hydrogen) atoms. The van der Waals surface area contributed by atoms with Crippen molar-refractivity contribution in [1.82, 2.24) is 0 Å². The predicted molar refractivity (Wildman–Crippen MR) is 97.9 cm³/mol. The largest absolute Gasteiger partial charge is 0.393 e. The van der Waals surface area contributed by atoms with E-state index in [4.69, 9.17) is 0 Å². The first kappa shape index (κ1) is 17.7. The van der Waals surface area contributed by atoms with Crippen molar-refractivity contribution in [1.29, 1.82) is 0 Å². The smallest absolute Gasteiger partial charge is 0.137 e. The second kappa shape index (κ2) is 6.20. The van der Waals surface area contributed by atoms with Gasteiger partial charge in [-0.3, -0.25) is 4.79 Å². The summed E-state index contributed by atoms with van der Waals surface area (Å²) in [6.07, 6.45) is 11.1. The van der Waals surface area contributed by atoms with E-state index in [1.54, 1.807) is 0 Å². The van der Waals surface area contributed by atoms with Gasteiger partial charge in [-0.1, -0.05) is 25.5 Å². The zero-order valence-corrected chi connectivity index (χ0v) is 15.8. The number of Topliss-reactive ketones (excluding diaryl/α,β-unsaturated/α-hetero) is 1. The second-order valence-electron chi connectivity index (χ2n) is 9.82. The number of fused-ring (bicyclic) bond motifs is 5. The van der Waals surface area contributed by atoms with E-state index in [0.717, 1.165) is 32.1 Å². The first-order valence-corrected chi connectivity index (χ1v) is 10.4. The lowest BCUT2D eigenvalue weighted by Gasteiger charge is -2.61. The van der Waals surface area contributed by atoms with Crippen LogP contribution in [-0.2, 0) is 4.79 Å². The Bertz CT molecular complexity index is 582. The fourth-order valence-electron chi connectivity index (χ4n) is 7.55. The topological polar surface area (TPSA) is 57.5 Å². The average molecular weight is 347 g/mol. The molecule has 140 valence electrons. The minimum absolute atomic E-state index is 0.0311. The summed E-state index contributed by atoms with van der Waals surface area (Å²) in [5.74, 6) is 2.28. The van der Waals surface area contributed by atoms with Crippen LogP contribution in [0.15, 0.2) is 11.6 Å². The van der Waals surface area contributed by atoms with Crippen molar-refractivity contribution in [3.63, 3.8) is 0 Å². The molecule has 4 aliphatic rings. The van der Waals surface area contributed by atoms with Crippen LogP contribution in [0, 0.1) is 34.5 Å². The summed E-state index contributed by atoms with van der Waals surface area (Å²) in [7, 11) is 0. The molecule has 2 N–H and O–H groups in total. The van der Waals surface area contributed by atoms with Crippen LogP contribution in [0.25, 0.3) is 0 Å². The lowest BCUT2D eigenvalue weighted by atomic mass is 9.42. The van der Waals surface area contributed by atoms with E-state index in [1.807, 2.05) is 6.08 Å². The number of carbonyl (C=O) groups excluding carboxylic acids is 1. The van der Waals surface area contributed by atoms with Gasteiger partial charge in [-0.15, -0.1) is 0 Å². The normalized spacial score (nSPS) is 51.6. The molecule has 3 heteroatoms. The van der Waals surface area contributed by atoms with E-state index < -0.39 is 0 Å². The van der Waals surface area contributed by atoms with Crippen LogP contribution in [-0.4, -0.2) is 28.7 Å². The number of ketones is 1. The first-order valence-electron chi connectivity index (χ1n) is 10.4. The molecule has 4 rings (SSSR count). The Morgan fingerprint density at radius 3 is 2.76 bits per heavy atom. The van der Waals surface area contributed by atoms with Crippen molar-refractivity contribution >= 4 is 5.78 Å². The number of rotatable bonds is 1. The van der Waals surface area contributed by atoms with Crippen LogP contribution in [0.5, 0.6) is 0 Å². The van der Waals surface area contributed by atoms with Crippen LogP contribution >= 0.6 is 0 Å². The Kier molecular flexibility index (Phi) is 4.39. The summed E-state index contributed by atoms with van der Waals surface area (Å²) in [5.41, 5.74) is 1.40. The molecule has 0 aliphatic heterocycles. The van der Waals surface area contributed by atoms with Crippen LogP contribution in [0.2, 0.25) is 0 Å². The Hall–Kier alpha value is -0.670. The Labute approximate surface area is 151 Å². The van der Waals surface area contributed by atoms with Crippen molar-refractivity contribution in [2.24, 2.45) is 34.5 Å². The number of carbonyl (C=O) groups is 1. The van der Waals surface area contributed by atoms with Gasteiger partial charge in [-0.2, -0.15) is 0 Å². The number of allylic oxidation sites excluding steroid dienone is 1. The van der Waals surface area contributed by atoms with Crippen LogP contribution < -0.4 is 0 Å². The van der Waals surface area contributed by atoms with Crippen LogP contribution in [0.1, 0.15) is 71.6 Å². The van der Waals surface area contributed by atoms with Gasteiger partial charge in [0.15, 0.2) is 0 Å². The Balaban J connectivity index is 1.69. The van der Waals surface area contributed by atoms with Gasteiger partial charge in [0.1, 0.15) is 5.78 Å². The molecule has 0 aromatic heterocycles. The van der Waals surface area contributed by atoms with Crippen LogP contribution in [0.3, 0.4) is 0 Å². The summed E-state index contributed by atoms with van der Waals surface area (Å²) in [4.78, 5) is 13.4. The number of hydrogen-bond acceptors (Lipinski definition) is 3. The molecule has 0 spiro atoms. The highest BCUT2D eigenvalue weighted by Crippen LogP contribution is 2.65. The number of aliphatic hydroxyl groups excluding tert-OH is 2. The second-order valence-corrected chi connectivity index (χ2v) is 9.82. The van der Waals surface area contributed by atoms with Gasteiger partial charge in [0.2, 0.25) is 0 Å². The van der Waals surface area contributed by atoms with Gasteiger partial charge in [0, 0.05) is 12.3 Å². The van der Waals surface area contributed by atoms with E-state index in [1.165, 1.54) is 24.8 Å². The molecule has 0 aromatic carbocycles. The molecule has 4 aliphatic carbocycles. The third-order valence-electron chi connectivity index (χ3n) is 8.75. The first-order chi connectivity index (χ1) is 11.9. The summed E-state index contributed by atoms with van der Waals surface area (Å²) < 4.78 is 0. The summed E-state index contributed by atoms with van der Waals surface area (Å²) in [6, 6.07) is 0. The zero-order valence-electron chi connectivity index (χ0n) is 15.8. The monoisotopic (exact) mass is 346 g/mol. The SMILES string of the molecule is C[C@]12CCC(O)C[C@H]1CC[C@@H]1[C@@H]2C(=O)C[C@]2(C)/C(=C/CO)CCC[C@@H]12. The molecule has 0 heterocycles. The van der Waals surface area contributed by atoms with E-state index >= 15 is 0 Å². The molecule has 0 bridgehead atoms. The van der Waals surface area contributed by atoms with Crippen molar-refractivity contribution in [2.75, 3.05) is 6.61 Å². The lowest BCUT2D eigenvalue weighted by Crippen LogP contribution is -2.58. The molecule has 1 unspecified atom stereocenters. The maximum atomic E-state index is 13.4. The van der Waals surface area contributed by atoms with Crippen molar-refractivity contribution in [3.05, 3.63) is 11.6 Å². The molecular formula is C22H34O3. The molecule has 0 saturated heterocycles. The minimum Gasteiger partial charge on any atom is -0.393 e. The molecule has 4 saturated carbocycles. The van der Waals surface area contributed by atoms with Gasteiger partial charge in [0.05, 0.1) is 12.7 Å². The standard InChI is InChI=1S/C22H34O3/c1-21-10-8-16(24)12-15(21)6-7-17-18-5-3-4-14(9-11-23)22(18,2)13-19(25)20(17)21/h9,15-18,20,23-24H,3-8,10-13H2,1-2H3/b14-9+/t15-,16?,17+,18+,20-,21+,22-/m1/s1. The zero-order chi connectivity index (χ0) is 17.8. The van der Waals surface area contributed by atoms with Crippen molar-refractivity contribution in [3.8, 4) is 0 Å². The van der Waals surface area contributed by atoms with Crippen molar-refractivity contribution in [2.45, 2.75) is 77.7 Å². The lowest BCUT2D eigenvalue weighted by molar-refractivity contribution is -0.161. The molecule has 7 atom stereocenters. The van der Waals surface area contributed by atoms with Crippen LogP contribution in [0.4, 0.5) is 0 Å². The Morgan fingerprint density at radius 1 is 1.20 bits per heavy atom. The third kappa shape index (κ3) is 2.56. The van der Waals surface area contributed by atoms with E-state index in [2.05, 4.69) is 13.8 Å². The summed E-state index contributed by atoms with van der Waals surface area (Å²) >= 11 is 0. The molecule has 0 aromatic rings. The van der Waals surface area contributed by atoms with E-state index in [0.29, 0.717) is 30.0 Å². The summed E-state index contributed by atoms with van der Waals surface area (Å²) in [5, 5.41) is 19.6. The van der Waals surface area contributed by atoms with Gasteiger partial charge in [0.25, 0.3) is 0 Å². The Morgan fingerprint density at radius 2 is 2.00 bits per heavy atom. The predicted octanol–water partition coefficient (Wildman–Crippen LogP) is 3.88. The molecule has 4 fully saturated rings. The molecule has 0 radical (unpaired) electrons. The maximum Gasteiger partial charge on any atom is 0.137 e. The number of aliphatic hydroxyl groups is 2. The number of hydrogen-bond donors (Lipinski definition) is 2. The quantitative estimate of drug-likeness (QED) is 0.709. The van der Waals surface area contributed by atoms with Gasteiger partial charge >= 0.3 is 0 Å². The molecular weight excluding hydrogens is 312 g/mol. The van der Waals surface area contributed by atoms with Crippen molar-refractivity contribution < 1.29 is 15.0 Å². The maximum absolute atomic E-state index is 13.4. The van der Waals surface area contributed by atoms with E-state index in [-0.39, 0.29) is 29.5 Å². The highest BCUT2D eigenvalue weighted by molar-refractivity contribution is 5.84. The molecule has 3 nitrogen and oxygen atoms in total. The fraction of sp³-hybridized carbons (Fsp3) is 0.864. The highest BCUT2D eigenvalue weighted by Gasteiger charge is 2.61. The van der Waals surface area contributed by atoms with E-state index in [9.17, 15) is 15.0 Å². The summed E-state index contributed by atoms with van der Waals surface area (Å²) in [6.45, 7) is 4.75. The average Bonchev–Trinajstić information content (AvgIpc) is 2.56. The van der Waals surface area contributed by atoms with Gasteiger partial charge in [-0.05, 0) is 80.0 Å². The van der Waals surface area contributed by atoms with Gasteiger partial charge < -0.3 is 10.2 Å². The highest BCUT2D eigenvalue weighted by atomic mass is 16.3.